The Balaban J connectivity index is 2.80. The molecule has 0 aromatic heterocycles. The Labute approximate surface area is 97.2 Å². The number of halogens is 1. The molecule has 0 unspecified atom stereocenters. The third-order valence-corrected chi connectivity index (χ3v) is 2.67. The lowest BCUT2D eigenvalue weighted by Gasteiger charge is -2.19. The molecule has 0 saturated carbocycles. The van der Waals surface area contributed by atoms with Crippen LogP contribution < -0.4 is 5.73 Å². The molecular weight excluding hydrogens is 201 g/mol. The van der Waals surface area contributed by atoms with Gasteiger partial charge in [0, 0.05) is 6.54 Å². The van der Waals surface area contributed by atoms with Gasteiger partial charge in [-0.1, -0.05) is 45.0 Å². The summed E-state index contributed by atoms with van der Waals surface area (Å²) in [4.78, 5) is 0. The summed E-state index contributed by atoms with van der Waals surface area (Å²) in [6, 6.07) is 8.28. The van der Waals surface area contributed by atoms with Crippen LogP contribution in [-0.2, 0) is 11.8 Å². The molecule has 2 N–H and O–H groups in total. The van der Waals surface area contributed by atoms with Gasteiger partial charge in [0.1, 0.15) is 0 Å². The Kier molecular flexibility index (Phi) is 4.25. The first-order chi connectivity index (χ1) is 7.47. The summed E-state index contributed by atoms with van der Waals surface area (Å²) >= 11 is 0. The van der Waals surface area contributed by atoms with Gasteiger partial charge in [0.25, 0.3) is 0 Å². The zero-order valence-corrected chi connectivity index (χ0v) is 10.3. The van der Waals surface area contributed by atoms with E-state index in [1.807, 2.05) is 12.1 Å². The summed E-state index contributed by atoms with van der Waals surface area (Å²) in [5.74, 6) is 0. The molecule has 0 radical (unpaired) electrons. The molecule has 1 aromatic rings. The fourth-order valence-electron chi connectivity index (χ4n) is 1.54. The topological polar surface area (TPSA) is 26.0 Å². The van der Waals surface area contributed by atoms with E-state index in [4.69, 9.17) is 5.73 Å². The third kappa shape index (κ3) is 3.46. The Bertz CT molecular complexity index is 357. The average molecular weight is 221 g/mol. The lowest BCUT2D eigenvalue weighted by molar-refractivity contribution is 0.590. The molecule has 1 nitrogen and oxygen atoms in total. The van der Waals surface area contributed by atoms with E-state index in [9.17, 15) is 4.39 Å². The Morgan fingerprint density at radius 3 is 2.19 bits per heavy atom. The summed E-state index contributed by atoms with van der Waals surface area (Å²) in [6.45, 7) is 6.80. The summed E-state index contributed by atoms with van der Waals surface area (Å²) < 4.78 is 12.4. The maximum absolute atomic E-state index is 12.4. The summed E-state index contributed by atoms with van der Waals surface area (Å²) in [5, 5.41) is 0. The second-order valence-corrected chi connectivity index (χ2v) is 5.10. The summed E-state index contributed by atoms with van der Waals surface area (Å²) in [6.07, 6.45) is 1.20. The van der Waals surface area contributed by atoms with E-state index in [2.05, 4.69) is 32.9 Å². The average Bonchev–Trinajstić information content (AvgIpc) is 2.25. The molecule has 0 aliphatic rings. The highest BCUT2D eigenvalue weighted by atomic mass is 19.1. The molecule has 0 bridgehead atoms. The van der Waals surface area contributed by atoms with Crippen molar-refractivity contribution in [2.45, 2.75) is 32.6 Å². The minimum Gasteiger partial charge on any atom is -0.327 e. The van der Waals surface area contributed by atoms with Crippen molar-refractivity contribution in [2.24, 2.45) is 5.73 Å². The number of nitrogens with two attached hydrogens (primary N) is 1. The maximum Gasteiger partial charge on any atom is 0.0875 e. The van der Waals surface area contributed by atoms with Crippen molar-refractivity contribution in [1.82, 2.24) is 0 Å². The molecule has 1 aromatic carbocycles. The molecule has 88 valence electrons. The van der Waals surface area contributed by atoms with Crippen LogP contribution in [0.25, 0.3) is 0 Å². The van der Waals surface area contributed by atoms with Gasteiger partial charge in [-0.15, -0.1) is 0 Å². The molecule has 2 heteroatoms. The van der Waals surface area contributed by atoms with Crippen molar-refractivity contribution >= 4 is 0 Å². The molecule has 0 fully saturated rings. The first kappa shape index (κ1) is 12.9. The highest BCUT2D eigenvalue weighted by Crippen LogP contribution is 2.22. The SMILES string of the molecule is CC(C)(C)c1ccc(C/C(=C/F)CN)cc1. The van der Waals surface area contributed by atoms with Gasteiger partial charge in [0.05, 0.1) is 6.33 Å². The van der Waals surface area contributed by atoms with Crippen molar-refractivity contribution < 1.29 is 4.39 Å². The van der Waals surface area contributed by atoms with Crippen molar-refractivity contribution in [2.75, 3.05) is 6.54 Å². The molecule has 0 amide bonds. The fourth-order valence-corrected chi connectivity index (χ4v) is 1.54. The van der Waals surface area contributed by atoms with Crippen LogP contribution >= 0.6 is 0 Å². The van der Waals surface area contributed by atoms with Crippen LogP contribution in [0.5, 0.6) is 0 Å². The van der Waals surface area contributed by atoms with Crippen molar-refractivity contribution in [3.05, 3.63) is 47.3 Å². The van der Waals surface area contributed by atoms with Crippen LogP contribution in [-0.4, -0.2) is 6.54 Å². The number of rotatable bonds is 3. The Hall–Kier alpha value is -1.15. The normalized spacial score (nSPS) is 12.9. The van der Waals surface area contributed by atoms with Gasteiger partial charge in [-0.05, 0) is 28.5 Å². The predicted octanol–water partition coefficient (Wildman–Crippen LogP) is 3.34. The lowest BCUT2D eigenvalue weighted by Crippen LogP contribution is -2.11. The Morgan fingerprint density at radius 2 is 1.81 bits per heavy atom. The van der Waals surface area contributed by atoms with Crippen molar-refractivity contribution in [1.29, 1.82) is 0 Å². The first-order valence-electron chi connectivity index (χ1n) is 5.55. The monoisotopic (exact) mass is 221 g/mol. The minimum atomic E-state index is 0.158. The molecule has 16 heavy (non-hydrogen) atoms. The predicted molar refractivity (Wildman–Crippen MR) is 67.1 cm³/mol. The minimum absolute atomic E-state index is 0.158. The van der Waals surface area contributed by atoms with E-state index in [0.29, 0.717) is 18.3 Å². The van der Waals surface area contributed by atoms with E-state index < -0.39 is 0 Å². The second-order valence-electron chi connectivity index (χ2n) is 5.10. The molecular formula is C14H20FN. The molecule has 0 aliphatic heterocycles. The molecule has 0 spiro atoms. The Morgan fingerprint density at radius 1 is 1.25 bits per heavy atom. The molecule has 0 heterocycles. The van der Waals surface area contributed by atoms with Crippen LogP contribution in [0.3, 0.4) is 0 Å². The fraction of sp³-hybridized carbons (Fsp3) is 0.429. The van der Waals surface area contributed by atoms with Crippen LogP contribution in [0, 0.1) is 0 Å². The van der Waals surface area contributed by atoms with Gasteiger partial charge in [-0.3, -0.25) is 0 Å². The highest BCUT2D eigenvalue weighted by Gasteiger charge is 2.12. The van der Waals surface area contributed by atoms with Gasteiger partial charge in [-0.2, -0.15) is 0 Å². The smallest absolute Gasteiger partial charge is 0.0875 e. The molecule has 1 rings (SSSR count). The highest BCUT2D eigenvalue weighted by molar-refractivity contribution is 5.29. The largest absolute Gasteiger partial charge is 0.327 e. The zero-order valence-electron chi connectivity index (χ0n) is 10.3. The van der Waals surface area contributed by atoms with Gasteiger partial charge < -0.3 is 5.73 Å². The zero-order chi connectivity index (χ0) is 12.2. The van der Waals surface area contributed by atoms with Crippen LogP contribution in [0.1, 0.15) is 31.9 Å². The number of benzene rings is 1. The summed E-state index contributed by atoms with van der Waals surface area (Å²) in [5.41, 5.74) is 8.59. The maximum atomic E-state index is 12.4. The van der Waals surface area contributed by atoms with Gasteiger partial charge in [-0.25, -0.2) is 4.39 Å². The van der Waals surface area contributed by atoms with Crippen LogP contribution in [0.2, 0.25) is 0 Å². The van der Waals surface area contributed by atoms with Gasteiger partial charge in [0.2, 0.25) is 0 Å². The van der Waals surface area contributed by atoms with Gasteiger partial charge >= 0.3 is 0 Å². The van der Waals surface area contributed by atoms with E-state index in [1.165, 1.54) is 5.56 Å². The van der Waals surface area contributed by atoms with E-state index in [0.717, 1.165) is 5.56 Å². The first-order valence-corrected chi connectivity index (χ1v) is 5.55. The van der Waals surface area contributed by atoms with Crippen molar-refractivity contribution in [3.8, 4) is 0 Å². The van der Waals surface area contributed by atoms with Crippen molar-refractivity contribution in [3.63, 3.8) is 0 Å². The summed E-state index contributed by atoms with van der Waals surface area (Å²) in [7, 11) is 0. The lowest BCUT2D eigenvalue weighted by atomic mass is 9.86. The number of hydrogen-bond acceptors (Lipinski definition) is 1. The van der Waals surface area contributed by atoms with E-state index >= 15 is 0 Å². The standard InChI is InChI=1S/C14H20FN/c1-14(2,3)13-6-4-11(5-7-13)8-12(9-15)10-16/h4-7,9H,8,10,16H2,1-3H3/b12-9-. The van der Waals surface area contributed by atoms with Crippen LogP contribution in [0.4, 0.5) is 4.39 Å². The second kappa shape index (κ2) is 5.26. The van der Waals surface area contributed by atoms with Crippen LogP contribution in [0.15, 0.2) is 36.2 Å². The molecule has 0 aliphatic carbocycles. The quantitative estimate of drug-likeness (QED) is 0.832. The molecule has 0 saturated heterocycles. The third-order valence-electron chi connectivity index (χ3n) is 2.67. The number of hydrogen-bond donors (Lipinski definition) is 1. The molecule has 0 atom stereocenters. The van der Waals surface area contributed by atoms with Gasteiger partial charge in [0.15, 0.2) is 0 Å². The van der Waals surface area contributed by atoms with E-state index in [-0.39, 0.29) is 12.0 Å². The van der Waals surface area contributed by atoms with E-state index in [1.54, 1.807) is 0 Å².